The van der Waals surface area contributed by atoms with Crippen LogP contribution < -0.4 is 11.1 Å². The largest absolute Gasteiger partial charge is 0.314 e. The Morgan fingerprint density at radius 3 is 2.60 bits per heavy atom. The number of hydrogen-bond acceptors (Lipinski definition) is 3. The van der Waals surface area contributed by atoms with Crippen LogP contribution in [0.1, 0.15) is 0 Å². The summed E-state index contributed by atoms with van der Waals surface area (Å²) < 4.78 is 0. The maximum atomic E-state index is 5.73. The van der Waals surface area contributed by atoms with Crippen LogP contribution >= 0.6 is 0 Å². The summed E-state index contributed by atoms with van der Waals surface area (Å²) in [5.41, 5.74) is 5.73. The predicted molar refractivity (Wildman–Crippen MR) is 42.6 cm³/mol. The minimum absolute atomic E-state index is 0.0436. The van der Waals surface area contributed by atoms with Crippen molar-refractivity contribution in [3.8, 4) is 0 Å². The molecule has 1 aliphatic heterocycles. The molecule has 1 saturated heterocycles. The molecule has 1 rings (SSSR count). The van der Waals surface area contributed by atoms with E-state index in [0.717, 1.165) is 26.2 Å². The lowest BCUT2D eigenvalue weighted by molar-refractivity contribution is 0.205. The SMILES string of the molecule is C=CC(N)N1CCNCC1. The van der Waals surface area contributed by atoms with E-state index in [4.69, 9.17) is 5.73 Å². The van der Waals surface area contributed by atoms with Gasteiger partial charge in [-0.25, -0.2) is 0 Å². The molecule has 1 unspecified atom stereocenters. The minimum Gasteiger partial charge on any atom is -0.314 e. The molecule has 1 atom stereocenters. The first-order valence-electron chi connectivity index (χ1n) is 3.67. The van der Waals surface area contributed by atoms with E-state index in [1.54, 1.807) is 6.08 Å². The second-order valence-electron chi connectivity index (χ2n) is 2.51. The van der Waals surface area contributed by atoms with Crippen molar-refractivity contribution >= 4 is 0 Å². The maximum absolute atomic E-state index is 5.73. The summed E-state index contributed by atoms with van der Waals surface area (Å²) in [6.45, 7) is 7.80. The molecule has 0 aromatic carbocycles. The van der Waals surface area contributed by atoms with Crippen molar-refractivity contribution in [2.75, 3.05) is 26.2 Å². The zero-order chi connectivity index (χ0) is 7.40. The van der Waals surface area contributed by atoms with Crippen LogP contribution in [0, 0.1) is 0 Å². The molecule has 0 aromatic rings. The molecular formula is C7H15N3. The summed E-state index contributed by atoms with van der Waals surface area (Å²) in [5, 5.41) is 3.26. The fourth-order valence-corrected chi connectivity index (χ4v) is 1.13. The van der Waals surface area contributed by atoms with Crippen LogP contribution in [0.5, 0.6) is 0 Å². The Bertz CT molecular complexity index is 107. The predicted octanol–water partition coefficient (Wildman–Crippen LogP) is -0.638. The highest BCUT2D eigenvalue weighted by atomic mass is 15.3. The number of nitrogens with two attached hydrogens (primary N) is 1. The quantitative estimate of drug-likeness (QED) is 0.503. The summed E-state index contributed by atoms with van der Waals surface area (Å²) in [7, 11) is 0. The lowest BCUT2D eigenvalue weighted by atomic mass is 10.3. The molecule has 1 fully saturated rings. The topological polar surface area (TPSA) is 41.3 Å². The van der Waals surface area contributed by atoms with Gasteiger partial charge in [0.25, 0.3) is 0 Å². The van der Waals surface area contributed by atoms with Crippen molar-refractivity contribution in [1.29, 1.82) is 0 Å². The smallest absolute Gasteiger partial charge is 0.0762 e. The van der Waals surface area contributed by atoms with E-state index in [1.165, 1.54) is 0 Å². The van der Waals surface area contributed by atoms with E-state index in [0.29, 0.717) is 0 Å². The van der Waals surface area contributed by atoms with Crippen LogP contribution in [0.15, 0.2) is 12.7 Å². The first-order chi connectivity index (χ1) is 4.84. The average Bonchev–Trinajstić information content (AvgIpc) is 2.05. The summed E-state index contributed by atoms with van der Waals surface area (Å²) in [6.07, 6.45) is 1.83. The number of rotatable bonds is 2. The summed E-state index contributed by atoms with van der Waals surface area (Å²) in [5.74, 6) is 0. The Balaban J connectivity index is 2.30. The van der Waals surface area contributed by atoms with Gasteiger partial charge in [-0.3, -0.25) is 4.90 Å². The van der Waals surface area contributed by atoms with Crippen LogP contribution in [0.4, 0.5) is 0 Å². The zero-order valence-corrected chi connectivity index (χ0v) is 6.21. The summed E-state index contributed by atoms with van der Waals surface area (Å²) in [4.78, 5) is 2.21. The molecule has 1 heterocycles. The molecule has 1 aliphatic rings. The Morgan fingerprint density at radius 1 is 1.50 bits per heavy atom. The van der Waals surface area contributed by atoms with E-state index >= 15 is 0 Å². The number of hydrogen-bond donors (Lipinski definition) is 2. The van der Waals surface area contributed by atoms with Crippen molar-refractivity contribution < 1.29 is 0 Å². The monoisotopic (exact) mass is 141 g/mol. The van der Waals surface area contributed by atoms with Gasteiger partial charge in [0.2, 0.25) is 0 Å². The normalized spacial score (nSPS) is 24.1. The fraction of sp³-hybridized carbons (Fsp3) is 0.714. The van der Waals surface area contributed by atoms with Crippen molar-refractivity contribution in [3.05, 3.63) is 12.7 Å². The first kappa shape index (κ1) is 7.72. The number of nitrogens with zero attached hydrogens (tertiary/aromatic N) is 1. The third-order valence-electron chi connectivity index (χ3n) is 1.81. The minimum atomic E-state index is 0.0436. The molecule has 0 aliphatic carbocycles. The molecule has 0 amide bonds. The summed E-state index contributed by atoms with van der Waals surface area (Å²) >= 11 is 0. The maximum Gasteiger partial charge on any atom is 0.0762 e. The Kier molecular flexibility index (Phi) is 2.86. The van der Waals surface area contributed by atoms with Gasteiger partial charge >= 0.3 is 0 Å². The molecule has 58 valence electrons. The molecule has 0 spiro atoms. The highest BCUT2D eigenvalue weighted by molar-refractivity contribution is 4.84. The van der Waals surface area contributed by atoms with Crippen molar-refractivity contribution in [1.82, 2.24) is 10.2 Å². The van der Waals surface area contributed by atoms with Crippen molar-refractivity contribution in [2.45, 2.75) is 6.17 Å². The molecule has 0 aromatic heterocycles. The molecule has 0 radical (unpaired) electrons. The van der Waals surface area contributed by atoms with Gasteiger partial charge in [0.1, 0.15) is 0 Å². The van der Waals surface area contributed by atoms with E-state index in [-0.39, 0.29) is 6.17 Å². The van der Waals surface area contributed by atoms with Gasteiger partial charge in [-0.2, -0.15) is 0 Å². The lowest BCUT2D eigenvalue weighted by Crippen LogP contribution is -2.50. The number of nitrogens with one attached hydrogen (secondary N) is 1. The Labute approximate surface area is 61.9 Å². The van der Waals surface area contributed by atoms with Crippen LogP contribution in [0.25, 0.3) is 0 Å². The molecule has 10 heavy (non-hydrogen) atoms. The van der Waals surface area contributed by atoms with Gasteiger partial charge < -0.3 is 11.1 Å². The molecular weight excluding hydrogens is 126 g/mol. The Hall–Kier alpha value is -0.380. The molecule has 0 bridgehead atoms. The van der Waals surface area contributed by atoms with Gasteiger partial charge in [-0.15, -0.1) is 6.58 Å². The number of piperazine rings is 1. The molecule has 3 nitrogen and oxygen atoms in total. The van der Waals surface area contributed by atoms with Gasteiger partial charge in [0, 0.05) is 26.2 Å². The van der Waals surface area contributed by atoms with E-state index < -0.39 is 0 Å². The first-order valence-corrected chi connectivity index (χ1v) is 3.67. The van der Waals surface area contributed by atoms with Crippen molar-refractivity contribution in [2.24, 2.45) is 5.73 Å². The average molecular weight is 141 g/mol. The third kappa shape index (κ3) is 1.80. The molecule has 3 heteroatoms. The van der Waals surface area contributed by atoms with Gasteiger partial charge in [0.05, 0.1) is 6.17 Å². The van der Waals surface area contributed by atoms with Crippen LogP contribution in [0.2, 0.25) is 0 Å². The van der Waals surface area contributed by atoms with E-state index in [9.17, 15) is 0 Å². The van der Waals surface area contributed by atoms with Gasteiger partial charge in [0.15, 0.2) is 0 Å². The molecule has 0 saturated carbocycles. The van der Waals surface area contributed by atoms with Crippen LogP contribution in [-0.2, 0) is 0 Å². The third-order valence-corrected chi connectivity index (χ3v) is 1.81. The second-order valence-corrected chi connectivity index (χ2v) is 2.51. The molecule has 3 N–H and O–H groups in total. The highest BCUT2D eigenvalue weighted by Crippen LogP contribution is 1.95. The van der Waals surface area contributed by atoms with Crippen molar-refractivity contribution in [3.63, 3.8) is 0 Å². The second kappa shape index (κ2) is 3.71. The van der Waals surface area contributed by atoms with Gasteiger partial charge in [-0.1, -0.05) is 6.08 Å². The lowest BCUT2D eigenvalue weighted by Gasteiger charge is -2.30. The van der Waals surface area contributed by atoms with E-state index in [1.807, 2.05) is 0 Å². The Morgan fingerprint density at radius 2 is 2.10 bits per heavy atom. The van der Waals surface area contributed by atoms with Crippen LogP contribution in [-0.4, -0.2) is 37.2 Å². The zero-order valence-electron chi connectivity index (χ0n) is 6.21. The summed E-state index contributed by atoms with van der Waals surface area (Å²) in [6, 6.07) is 0. The van der Waals surface area contributed by atoms with Gasteiger partial charge in [-0.05, 0) is 0 Å². The van der Waals surface area contributed by atoms with E-state index in [2.05, 4.69) is 16.8 Å². The fourth-order valence-electron chi connectivity index (χ4n) is 1.13. The van der Waals surface area contributed by atoms with Crippen LogP contribution in [0.3, 0.4) is 0 Å². The highest BCUT2D eigenvalue weighted by Gasteiger charge is 2.12. The standard InChI is InChI=1S/C7H15N3/c1-2-7(8)10-5-3-9-4-6-10/h2,7,9H,1,3-6,8H2.